The molecule has 0 aromatic heterocycles. The van der Waals surface area contributed by atoms with Gasteiger partial charge in [-0.1, -0.05) is 11.6 Å². The van der Waals surface area contributed by atoms with Crippen molar-refractivity contribution in [3.05, 3.63) is 67.8 Å². The zero-order valence-electron chi connectivity index (χ0n) is 15.1. The fourth-order valence-corrected chi connectivity index (χ4v) is 3.01. The molecule has 2 aromatic rings. The van der Waals surface area contributed by atoms with E-state index in [0.29, 0.717) is 23.0 Å². The molecule has 0 atom stereocenters. The Morgan fingerprint density at radius 3 is 1.89 bits per heavy atom. The third-order valence-electron chi connectivity index (χ3n) is 4.25. The maximum atomic E-state index is 10.6. The fourth-order valence-electron chi connectivity index (χ4n) is 2.77. The van der Waals surface area contributed by atoms with E-state index < -0.39 is 9.85 Å². The molecule has 2 aliphatic heterocycles. The van der Waals surface area contributed by atoms with Crippen LogP contribution in [0.15, 0.2) is 46.4 Å². The zero-order valence-corrected chi connectivity index (χ0v) is 15.9. The molecule has 2 aliphatic rings. The number of rotatable bonds is 2. The molecule has 28 heavy (non-hydrogen) atoms. The highest BCUT2D eigenvalue weighted by Crippen LogP contribution is 2.32. The topological polar surface area (TPSA) is 114 Å². The van der Waals surface area contributed by atoms with Crippen molar-refractivity contribution in [1.29, 1.82) is 0 Å². The molecule has 0 amide bonds. The number of likely N-dealkylation sites (N-methyl/N-ethyl adjacent to an activating group) is 1. The minimum atomic E-state index is -0.442. The fraction of sp³-hybridized carbons (Fsp3) is 0.222. The Morgan fingerprint density at radius 1 is 0.893 bits per heavy atom. The lowest BCUT2D eigenvalue weighted by Crippen LogP contribution is -2.21. The number of benzene rings is 2. The summed E-state index contributed by atoms with van der Waals surface area (Å²) in [5, 5.41) is 21.5. The van der Waals surface area contributed by atoms with Crippen molar-refractivity contribution < 1.29 is 9.85 Å². The first kappa shape index (κ1) is 19.4. The number of nitro groups is 2. The number of fused-ring (bicyclic) bond motifs is 2. The molecule has 2 aromatic carbocycles. The first-order chi connectivity index (χ1) is 13.2. The van der Waals surface area contributed by atoms with E-state index in [4.69, 9.17) is 11.6 Å². The molecule has 4 rings (SSSR count). The van der Waals surface area contributed by atoms with Crippen molar-refractivity contribution in [3.8, 4) is 0 Å². The van der Waals surface area contributed by atoms with Crippen LogP contribution in [0.3, 0.4) is 0 Å². The summed E-state index contributed by atoms with van der Waals surface area (Å²) in [5.74, 6) is 0.936. The minimum absolute atomic E-state index is 0.0499. The van der Waals surface area contributed by atoms with E-state index in [1.165, 1.54) is 24.3 Å². The van der Waals surface area contributed by atoms with Gasteiger partial charge in [-0.2, -0.15) is 0 Å². The standard InChI is InChI=1S/C10H11N3O2.C8H5ClN2O2/c1-12(2)10-5-7-3-4-8(13(14)15)6-9(7)11-10;9-8-3-5-1-2-6(11(12)13)4-7(5)10-8/h3-4,6H,5H2,1-2H3;1-2,4H,3H2. The SMILES string of the molecule is CN(C)C1=Nc2cc([N+](=O)[O-])ccc2C1.O=[N+]([O-])c1ccc2c(c1)N=C(Cl)C2. The van der Waals surface area contributed by atoms with Gasteiger partial charge in [-0.25, -0.2) is 9.98 Å². The van der Waals surface area contributed by atoms with Gasteiger partial charge in [-0.3, -0.25) is 20.2 Å². The summed E-state index contributed by atoms with van der Waals surface area (Å²) in [6.07, 6.45) is 1.33. The van der Waals surface area contributed by atoms with Gasteiger partial charge < -0.3 is 4.90 Å². The molecule has 0 fully saturated rings. The van der Waals surface area contributed by atoms with Crippen LogP contribution in [0, 0.1) is 20.2 Å². The summed E-state index contributed by atoms with van der Waals surface area (Å²) in [5.41, 5.74) is 3.46. The third kappa shape index (κ3) is 4.15. The van der Waals surface area contributed by atoms with E-state index in [1.807, 2.05) is 19.0 Å². The quantitative estimate of drug-likeness (QED) is 0.553. The Kier molecular flexibility index (Phi) is 5.36. The van der Waals surface area contributed by atoms with Crippen LogP contribution in [0.5, 0.6) is 0 Å². The molecule has 0 radical (unpaired) electrons. The normalized spacial score (nSPS) is 13.5. The van der Waals surface area contributed by atoms with Crippen molar-refractivity contribution in [2.75, 3.05) is 14.1 Å². The highest BCUT2D eigenvalue weighted by molar-refractivity contribution is 6.66. The van der Waals surface area contributed by atoms with Crippen LogP contribution in [0.2, 0.25) is 0 Å². The van der Waals surface area contributed by atoms with Crippen LogP contribution < -0.4 is 0 Å². The second-order valence-corrected chi connectivity index (χ2v) is 6.84. The molecule has 0 aliphatic carbocycles. The van der Waals surface area contributed by atoms with E-state index in [-0.39, 0.29) is 11.4 Å². The van der Waals surface area contributed by atoms with Crippen LogP contribution in [0.4, 0.5) is 22.7 Å². The van der Waals surface area contributed by atoms with Crippen molar-refractivity contribution in [3.63, 3.8) is 0 Å². The smallest absolute Gasteiger partial charge is 0.271 e. The van der Waals surface area contributed by atoms with Crippen LogP contribution >= 0.6 is 11.6 Å². The highest BCUT2D eigenvalue weighted by Gasteiger charge is 2.19. The van der Waals surface area contributed by atoms with E-state index in [2.05, 4.69) is 9.98 Å². The van der Waals surface area contributed by atoms with Gasteiger partial charge >= 0.3 is 0 Å². The maximum absolute atomic E-state index is 10.6. The number of hydrogen-bond donors (Lipinski definition) is 0. The predicted molar refractivity (Wildman–Crippen MR) is 107 cm³/mol. The number of amidine groups is 1. The summed E-state index contributed by atoms with van der Waals surface area (Å²) >= 11 is 5.69. The Morgan fingerprint density at radius 2 is 1.39 bits per heavy atom. The van der Waals surface area contributed by atoms with Crippen molar-refractivity contribution in [1.82, 2.24) is 4.90 Å². The first-order valence-corrected chi connectivity index (χ1v) is 8.65. The average Bonchev–Trinajstić information content (AvgIpc) is 3.22. The lowest BCUT2D eigenvalue weighted by Gasteiger charge is -2.10. The number of hydrogen-bond acceptors (Lipinski definition) is 7. The summed E-state index contributed by atoms with van der Waals surface area (Å²) in [6, 6.07) is 9.40. The monoisotopic (exact) mass is 401 g/mol. The highest BCUT2D eigenvalue weighted by atomic mass is 35.5. The Bertz CT molecular complexity index is 1030. The number of halogens is 1. The van der Waals surface area contributed by atoms with E-state index >= 15 is 0 Å². The average molecular weight is 402 g/mol. The van der Waals surface area contributed by atoms with Crippen molar-refractivity contribution in [2.45, 2.75) is 12.8 Å². The maximum Gasteiger partial charge on any atom is 0.271 e. The molecule has 10 heteroatoms. The van der Waals surface area contributed by atoms with Gasteiger partial charge in [0.1, 0.15) is 11.0 Å². The van der Waals surface area contributed by atoms with Crippen LogP contribution in [0.25, 0.3) is 0 Å². The van der Waals surface area contributed by atoms with Crippen molar-refractivity contribution >= 4 is 45.4 Å². The molecule has 144 valence electrons. The predicted octanol–water partition coefficient (Wildman–Crippen LogP) is 4.16. The van der Waals surface area contributed by atoms with Gasteiger partial charge in [0.2, 0.25) is 0 Å². The second kappa shape index (κ2) is 7.73. The largest absolute Gasteiger partial charge is 0.366 e. The molecule has 0 unspecified atom stereocenters. The molecule has 0 saturated carbocycles. The van der Waals surface area contributed by atoms with Gasteiger partial charge in [-0.15, -0.1) is 0 Å². The molecule has 9 nitrogen and oxygen atoms in total. The van der Waals surface area contributed by atoms with E-state index in [1.54, 1.807) is 12.1 Å². The number of non-ortho nitro benzene ring substituents is 2. The molecular formula is C18H16ClN5O4. The summed E-state index contributed by atoms with van der Waals surface area (Å²) in [7, 11) is 3.83. The first-order valence-electron chi connectivity index (χ1n) is 8.27. The molecule has 2 heterocycles. The van der Waals surface area contributed by atoms with Gasteiger partial charge in [0.05, 0.1) is 21.2 Å². The Labute approximate surface area is 165 Å². The lowest BCUT2D eigenvalue weighted by atomic mass is 10.1. The van der Waals surface area contributed by atoms with E-state index in [0.717, 1.165) is 23.4 Å². The van der Waals surface area contributed by atoms with Gasteiger partial charge in [0, 0.05) is 51.2 Å². The number of aliphatic imine (C=N–C) groups is 2. The number of nitrogens with zero attached hydrogens (tertiary/aromatic N) is 5. The van der Waals surface area contributed by atoms with Crippen molar-refractivity contribution in [2.24, 2.45) is 9.98 Å². The van der Waals surface area contributed by atoms with E-state index in [9.17, 15) is 20.2 Å². The minimum Gasteiger partial charge on any atom is -0.366 e. The third-order valence-corrected chi connectivity index (χ3v) is 4.47. The summed E-state index contributed by atoms with van der Waals surface area (Å²) < 4.78 is 0. The Hall–Kier alpha value is -3.33. The van der Waals surface area contributed by atoms with Gasteiger partial charge in [0.15, 0.2) is 0 Å². The van der Waals surface area contributed by atoms with Crippen LogP contribution in [-0.2, 0) is 12.8 Å². The summed E-state index contributed by atoms with van der Waals surface area (Å²) in [4.78, 5) is 30.4. The molecular weight excluding hydrogens is 386 g/mol. The lowest BCUT2D eigenvalue weighted by molar-refractivity contribution is -0.385. The zero-order chi connectivity index (χ0) is 20.4. The van der Waals surface area contributed by atoms with Crippen LogP contribution in [-0.4, -0.2) is 39.8 Å². The molecule has 0 N–H and O–H groups in total. The summed E-state index contributed by atoms with van der Waals surface area (Å²) in [6.45, 7) is 0. The van der Waals surface area contributed by atoms with Gasteiger partial charge in [0.25, 0.3) is 11.4 Å². The van der Waals surface area contributed by atoms with Crippen LogP contribution in [0.1, 0.15) is 11.1 Å². The van der Waals surface area contributed by atoms with Gasteiger partial charge in [-0.05, 0) is 23.3 Å². The Balaban J connectivity index is 0.000000162. The molecule has 0 saturated heterocycles. The molecule has 0 spiro atoms. The number of nitro benzene ring substituents is 2. The second-order valence-electron chi connectivity index (χ2n) is 6.40. The molecule has 0 bridgehead atoms.